The van der Waals surface area contributed by atoms with E-state index < -0.39 is 0 Å². The van der Waals surface area contributed by atoms with E-state index >= 15 is 0 Å². The van der Waals surface area contributed by atoms with Gasteiger partial charge in [-0.05, 0) is 24.0 Å². The number of carbonyl (C=O) groups is 2. The molecule has 122 valence electrons. The summed E-state index contributed by atoms with van der Waals surface area (Å²) in [5, 5.41) is 5.04. The van der Waals surface area contributed by atoms with Crippen LogP contribution in [0.5, 0.6) is 0 Å². The van der Waals surface area contributed by atoms with Gasteiger partial charge in [-0.2, -0.15) is 0 Å². The first kappa shape index (κ1) is 17.5. The summed E-state index contributed by atoms with van der Waals surface area (Å²) in [6.45, 7) is 1.47. The number of thiazole rings is 1. The van der Waals surface area contributed by atoms with Crippen molar-refractivity contribution in [3.8, 4) is 0 Å². The topological polar surface area (TPSA) is 97.1 Å². The van der Waals surface area contributed by atoms with Crippen LogP contribution >= 0.6 is 23.1 Å². The molecule has 0 aliphatic heterocycles. The second-order valence-electron chi connectivity index (χ2n) is 4.86. The largest absolute Gasteiger partial charge is 0.302 e. The van der Waals surface area contributed by atoms with Crippen molar-refractivity contribution in [3.63, 3.8) is 0 Å². The summed E-state index contributed by atoms with van der Waals surface area (Å²) in [4.78, 5) is 26.4. The van der Waals surface area contributed by atoms with Crippen LogP contribution in [0.15, 0.2) is 29.6 Å². The molecule has 1 aromatic heterocycles. The number of hydrazine groups is 1. The van der Waals surface area contributed by atoms with Gasteiger partial charge in [-0.25, -0.2) is 10.8 Å². The maximum absolute atomic E-state index is 11.1. The fourth-order valence-corrected chi connectivity index (χ4v) is 3.26. The number of hydrogen-bond donors (Lipinski definition) is 3. The zero-order chi connectivity index (χ0) is 16.7. The number of nitrogens with zero attached hydrogens (tertiary/aromatic N) is 1. The molecule has 0 aliphatic carbocycles. The lowest BCUT2D eigenvalue weighted by atomic mass is 10.1. The fraction of sp³-hybridized carbons (Fsp3) is 0.267. The fourth-order valence-electron chi connectivity index (χ4n) is 1.89. The van der Waals surface area contributed by atoms with Crippen LogP contribution in [0, 0.1) is 0 Å². The SMILES string of the molecule is CC(=O)Nc1nc(CCc2ccc(CSC(=O)NN)cc2)cs1. The molecular formula is C15H18N4O2S2. The Kier molecular flexibility index (Phi) is 6.57. The molecule has 0 radical (unpaired) electrons. The molecule has 2 aromatic rings. The van der Waals surface area contributed by atoms with Gasteiger partial charge in [0.05, 0.1) is 5.69 Å². The minimum Gasteiger partial charge on any atom is -0.302 e. The number of aryl methyl sites for hydroxylation is 2. The minimum atomic E-state index is -0.243. The highest BCUT2D eigenvalue weighted by atomic mass is 32.2. The van der Waals surface area contributed by atoms with Gasteiger partial charge in [0.1, 0.15) is 0 Å². The third kappa shape index (κ3) is 6.01. The number of aromatic nitrogens is 1. The summed E-state index contributed by atoms with van der Waals surface area (Å²) in [5.74, 6) is 5.52. The van der Waals surface area contributed by atoms with Gasteiger partial charge in [0.15, 0.2) is 5.13 Å². The van der Waals surface area contributed by atoms with Gasteiger partial charge in [0.25, 0.3) is 5.24 Å². The van der Waals surface area contributed by atoms with E-state index in [-0.39, 0.29) is 11.1 Å². The average molecular weight is 350 g/mol. The summed E-state index contributed by atoms with van der Waals surface area (Å²) in [6.07, 6.45) is 1.69. The van der Waals surface area contributed by atoms with Crippen LogP contribution in [0.3, 0.4) is 0 Å². The number of benzene rings is 1. The molecular weight excluding hydrogens is 332 g/mol. The molecule has 2 amide bonds. The number of nitrogens with two attached hydrogens (primary N) is 1. The van der Waals surface area contributed by atoms with Gasteiger partial charge in [-0.3, -0.25) is 15.0 Å². The van der Waals surface area contributed by atoms with Crippen LogP contribution in [0.4, 0.5) is 9.93 Å². The lowest BCUT2D eigenvalue weighted by Gasteiger charge is -2.03. The smallest absolute Gasteiger partial charge is 0.293 e. The Labute approximate surface area is 142 Å². The molecule has 23 heavy (non-hydrogen) atoms. The van der Waals surface area contributed by atoms with Crippen LogP contribution < -0.4 is 16.6 Å². The van der Waals surface area contributed by atoms with Crippen molar-refractivity contribution >= 4 is 39.4 Å². The number of nitrogens with one attached hydrogen (secondary N) is 2. The van der Waals surface area contributed by atoms with Crippen molar-refractivity contribution in [2.45, 2.75) is 25.5 Å². The molecule has 1 aromatic carbocycles. The minimum absolute atomic E-state index is 0.109. The second kappa shape index (κ2) is 8.66. The highest BCUT2D eigenvalue weighted by molar-refractivity contribution is 8.12. The highest BCUT2D eigenvalue weighted by Crippen LogP contribution is 2.18. The zero-order valence-electron chi connectivity index (χ0n) is 12.7. The van der Waals surface area contributed by atoms with E-state index in [0.717, 1.165) is 35.9 Å². The third-order valence-corrected chi connectivity index (χ3v) is 4.68. The van der Waals surface area contributed by atoms with Crippen LogP contribution in [0.2, 0.25) is 0 Å². The van der Waals surface area contributed by atoms with E-state index in [1.54, 1.807) is 0 Å². The molecule has 6 nitrogen and oxygen atoms in total. The maximum Gasteiger partial charge on any atom is 0.293 e. The highest BCUT2D eigenvalue weighted by Gasteiger charge is 2.05. The standard InChI is InChI=1S/C15H18N4O2S2/c1-10(20)17-14-18-13(9-22-14)7-6-11-2-4-12(5-3-11)8-23-15(21)19-16/h2-5,9H,6-8,16H2,1H3,(H,19,21)(H,17,18,20). The lowest BCUT2D eigenvalue weighted by molar-refractivity contribution is -0.114. The normalized spacial score (nSPS) is 10.3. The van der Waals surface area contributed by atoms with Gasteiger partial charge >= 0.3 is 0 Å². The Hall–Kier alpha value is -1.90. The Bertz CT molecular complexity index is 670. The second-order valence-corrected chi connectivity index (χ2v) is 6.67. The molecule has 2 rings (SSSR count). The zero-order valence-corrected chi connectivity index (χ0v) is 14.3. The number of anilines is 1. The molecule has 0 atom stereocenters. The number of hydrogen-bond acceptors (Lipinski definition) is 6. The first-order valence-corrected chi connectivity index (χ1v) is 8.86. The van der Waals surface area contributed by atoms with Gasteiger partial charge in [-0.15, -0.1) is 11.3 Å². The van der Waals surface area contributed by atoms with Crippen LogP contribution in [-0.2, 0) is 23.4 Å². The number of amides is 2. The first-order valence-electron chi connectivity index (χ1n) is 7.00. The van der Waals surface area contributed by atoms with Gasteiger partial charge in [0.2, 0.25) is 5.91 Å². The van der Waals surface area contributed by atoms with E-state index in [9.17, 15) is 9.59 Å². The molecule has 0 fully saturated rings. The van der Waals surface area contributed by atoms with Crippen molar-refractivity contribution in [1.29, 1.82) is 0 Å². The van der Waals surface area contributed by atoms with E-state index in [2.05, 4.69) is 27.9 Å². The molecule has 0 saturated heterocycles. The predicted molar refractivity (Wildman–Crippen MR) is 94.3 cm³/mol. The molecule has 0 spiro atoms. The molecule has 0 saturated carbocycles. The monoisotopic (exact) mass is 350 g/mol. The molecule has 0 bridgehead atoms. The summed E-state index contributed by atoms with van der Waals surface area (Å²) in [6, 6.07) is 8.13. The Morgan fingerprint density at radius 3 is 2.57 bits per heavy atom. The van der Waals surface area contributed by atoms with E-state index in [4.69, 9.17) is 5.84 Å². The molecule has 4 N–H and O–H groups in total. The Balaban J connectivity index is 1.82. The summed E-state index contributed by atoms with van der Waals surface area (Å²) in [5.41, 5.74) is 5.34. The summed E-state index contributed by atoms with van der Waals surface area (Å²) in [7, 11) is 0. The third-order valence-electron chi connectivity index (χ3n) is 3.02. The van der Waals surface area contributed by atoms with Crippen LogP contribution in [0.25, 0.3) is 0 Å². The molecule has 0 aliphatic rings. The first-order chi connectivity index (χ1) is 11.1. The quantitative estimate of drug-likeness (QED) is 0.423. The number of carbonyl (C=O) groups excluding carboxylic acids is 2. The molecule has 8 heteroatoms. The Morgan fingerprint density at radius 1 is 1.22 bits per heavy atom. The van der Waals surface area contributed by atoms with Crippen molar-refractivity contribution in [2.75, 3.05) is 5.32 Å². The van der Waals surface area contributed by atoms with Crippen molar-refractivity contribution < 1.29 is 9.59 Å². The number of rotatable bonds is 6. The van der Waals surface area contributed by atoms with Gasteiger partial charge in [0, 0.05) is 18.1 Å². The van der Waals surface area contributed by atoms with Crippen molar-refractivity contribution in [2.24, 2.45) is 5.84 Å². The van der Waals surface area contributed by atoms with Gasteiger partial charge < -0.3 is 5.32 Å². The van der Waals surface area contributed by atoms with Crippen LogP contribution in [-0.4, -0.2) is 16.1 Å². The van der Waals surface area contributed by atoms with Crippen LogP contribution in [0.1, 0.15) is 23.7 Å². The van der Waals surface area contributed by atoms with E-state index in [0.29, 0.717) is 10.9 Å². The summed E-state index contributed by atoms with van der Waals surface area (Å²) < 4.78 is 0. The summed E-state index contributed by atoms with van der Waals surface area (Å²) >= 11 is 2.57. The maximum atomic E-state index is 11.1. The van der Waals surface area contributed by atoms with Gasteiger partial charge in [-0.1, -0.05) is 36.0 Å². The van der Waals surface area contributed by atoms with Crippen molar-refractivity contribution in [3.05, 3.63) is 46.5 Å². The van der Waals surface area contributed by atoms with E-state index in [1.807, 2.05) is 17.5 Å². The molecule has 1 heterocycles. The number of thioether (sulfide) groups is 1. The van der Waals surface area contributed by atoms with E-state index in [1.165, 1.54) is 23.8 Å². The predicted octanol–water partition coefficient (Wildman–Crippen LogP) is 2.70. The average Bonchev–Trinajstić information content (AvgIpc) is 2.98. The van der Waals surface area contributed by atoms with Crippen molar-refractivity contribution in [1.82, 2.24) is 10.4 Å². The lowest BCUT2D eigenvalue weighted by Crippen LogP contribution is -2.25. The molecule has 0 unspecified atom stereocenters. The Morgan fingerprint density at radius 2 is 1.91 bits per heavy atom.